The average Bonchev–Trinajstić information content (AvgIpc) is 3.55. The lowest BCUT2D eigenvalue weighted by Crippen LogP contribution is -2.27. The molecular formula is C29H26ClFN6OS. The van der Waals surface area contributed by atoms with E-state index in [1.807, 2.05) is 24.3 Å². The van der Waals surface area contributed by atoms with Crippen LogP contribution in [-0.2, 0) is 19.4 Å². The predicted octanol–water partition coefficient (Wildman–Crippen LogP) is 6.76. The van der Waals surface area contributed by atoms with Crippen molar-refractivity contribution >= 4 is 44.7 Å². The van der Waals surface area contributed by atoms with E-state index < -0.39 is 0 Å². The van der Waals surface area contributed by atoms with Gasteiger partial charge in [0.1, 0.15) is 35.1 Å². The molecule has 0 bridgehead atoms. The molecule has 0 saturated carbocycles. The lowest BCUT2D eigenvalue weighted by atomic mass is 9.86. The van der Waals surface area contributed by atoms with E-state index in [0.717, 1.165) is 66.1 Å². The summed E-state index contributed by atoms with van der Waals surface area (Å²) in [6.07, 6.45) is 5.64. The molecule has 1 fully saturated rings. The van der Waals surface area contributed by atoms with Crippen LogP contribution in [0, 0.1) is 5.82 Å². The van der Waals surface area contributed by atoms with Gasteiger partial charge in [0.25, 0.3) is 0 Å². The largest absolute Gasteiger partial charge is 0.487 e. The monoisotopic (exact) mass is 560 g/mol. The molecule has 1 aliphatic heterocycles. The number of aryl methyl sites for hydroxylation is 2. The molecule has 0 radical (unpaired) electrons. The fourth-order valence-corrected chi connectivity index (χ4v) is 7.12. The van der Waals surface area contributed by atoms with Crippen molar-refractivity contribution in [3.05, 3.63) is 82.1 Å². The Hall–Kier alpha value is -3.53. The van der Waals surface area contributed by atoms with E-state index >= 15 is 0 Å². The Bertz CT molecular complexity index is 1680. The SMILES string of the molecule is Fc1cccc(COc2ccc(Nc3ncnc4sc5c(c34)CCc3[nH]nc(C4CCNCC4)c3-5)cc2Cl)c1. The Morgan fingerprint density at radius 2 is 2.00 bits per heavy atom. The van der Waals surface area contributed by atoms with Gasteiger partial charge in [0.05, 0.1) is 16.1 Å². The van der Waals surface area contributed by atoms with Gasteiger partial charge in [-0.15, -0.1) is 11.3 Å². The number of benzene rings is 2. The number of rotatable bonds is 6. The van der Waals surface area contributed by atoms with Crippen molar-refractivity contribution in [2.24, 2.45) is 0 Å². The number of ether oxygens (including phenoxy) is 1. The highest BCUT2D eigenvalue weighted by Gasteiger charge is 2.31. The number of H-pyrrole nitrogens is 1. The van der Waals surface area contributed by atoms with Gasteiger partial charge in [0.15, 0.2) is 0 Å². The number of aromatic nitrogens is 4. The number of nitrogens with zero attached hydrogens (tertiary/aromatic N) is 3. The van der Waals surface area contributed by atoms with Crippen molar-refractivity contribution in [1.29, 1.82) is 0 Å². The molecule has 5 aromatic rings. The molecule has 39 heavy (non-hydrogen) atoms. The molecular weight excluding hydrogens is 535 g/mol. The van der Waals surface area contributed by atoms with E-state index in [2.05, 4.69) is 25.7 Å². The van der Waals surface area contributed by atoms with Crippen molar-refractivity contribution in [3.63, 3.8) is 0 Å². The number of halogens is 2. The molecule has 7 nitrogen and oxygen atoms in total. The third-order valence-electron chi connectivity index (χ3n) is 7.51. The smallest absolute Gasteiger partial charge is 0.142 e. The summed E-state index contributed by atoms with van der Waals surface area (Å²) < 4.78 is 19.3. The molecule has 2 aromatic carbocycles. The Morgan fingerprint density at radius 3 is 2.85 bits per heavy atom. The molecule has 1 aliphatic carbocycles. The van der Waals surface area contributed by atoms with E-state index in [4.69, 9.17) is 21.4 Å². The average molecular weight is 561 g/mol. The second-order valence-corrected chi connectivity index (χ2v) is 11.4. The first-order valence-corrected chi connectivity index (χ1v) is 14.3. The van der Waals surface area contributed by atoms with Gasteiger partial charge in [0, 0.05) is 27.7 Å². The molecule has 2 aliphatic rings. The van der Waals surface area contributed by atoms with Crippen LogP contribution in [0.5, 0.6) is 5.75 Å². The van der Waals surface area contributed by atoms with Gasteiger partial charge in [-0.2, -0.15) is 5.10 Å². The fraction of sp³-hybridized carbons (Fsp3) is 0.276. The number of fused-ring (bicyclic) bond motifs is 5. The number of piperidine rings is 1. The van der Waals surface area contributed by atoms with Gasteiger partial charge in [-0.3, -0.25) is 5.10 Å². The molecule has 10 heteroatoms. The van der Waals surface area contributed by atoms with Gasteiger partial charge < -0.3 is 15.4 Å². The molecule has 3 N–H and O–H groups in total. The highest BCUT2D eigenvalue weighted by molar-refractivity contribution is 7.22. The van der Waals surface area contributed by atoms with Gasteiger partial charge in [-0.05, 0) is 80.2 Å². The summed E-state index contributed by atoms with van der Waals surface area (Å²) in [6.45, 7) is 2.29. The summed E-state index contributed by atoms with van der Waals surface area (Å²) in [4.78, 5) is 11.5. The maximum Gasteiger partial charge on any atom is 0.142 e. The van der Waals surface area contributed by atoms with Crippen LogP contribution < -0.4 is 15.4 Å². The maximum atomic E-state index is 13.5. The summed E-state index contributed by atoms with van der Waals surface area (Å²) in [6, 6.07) is 11.9. The van der Waals surface area contributed by atoms with Crippen molar-refractivity contribution in [2.75, 3.05) is 18.4 Å². The molecule has 0 spiro atoms. The summed E-state index contributed by atoms with van der Waals surface area (Å²) in [5.74, 6) is 1.47. The maximum absolute atomic E-state index is 13.5. The topological polar surface area (TPSA) is 87.8 Å². The Labute approximate surface area is 233 Å². The predicted molar refractivity (Wildman–Crippen MR) is 153 cm³/mol. The highest BCUT2D eigenvalue weighted by atomic mass is 35.5. The number of anilines is 2. The number of hydrogen-bond acceptors (Lipinski definition) is 7. The second kappa shape index (κ2) is 10.2. The number of aromatic amines is 1. The molecule has 0 atom stereocenters. The minimum Gasteiger partial charge on any atom is -0.487 e. The zero-order chi connectivity index (χ0) is 26.3. The van der Waals surface area contributed by atoms with Crippen LogP contribution in [0.25, 0.3) is 20.7 Å². The van der Waals surface area contributed by atoms with Crippen LogP contribution in [0.3, 0.4) is 0 Å². The fourth-order valence-electron chi connectivity index (χ4n) is 5.62. The standard InChI is InChI=1S/C29H26ClFN6OS/c30-21-13-19(4-7-23(21)38-14-16-2-1-3-18(31)12-16)35-28-24-20-5-6-22-25(27(20)39-29(24)34-15-33-28)26(37-36-22)17-8-10-32-11-9-17/h1-4,7,12-13,15,17,32H,5-6,8-11,14H2,(H,36,37)(H,33,34,35). The summed E-state index contributed by atoms with van der Waals surface area (Å²) in [5, 5.41) is 16.6. The molecule has 198 valence electrons. The normalized spacial score (nSPS) is 15.2. The first-order chi connectivity index (χ1) is 19.1. The van der Waals surface area contributed by atoms with Crippen molar-refractivity contribution in [3.8, 4) is 16.2 Å². The Kier molecular flexibility index (Phi) is 6.42. The van der Waals surface area contributed by atoms with Crippen LogP contribution in [0.1, 0.15) is 41.3 Å². The lowest BCUT2D eigenvalue weighted by Gasteiger charge is -2.23. The van der Waals surface area contributed by atoms with E-state index in [0.29, 0.717) is 16.7 Å². The van der Waals surface area contributed by atoms with Crippen molar-refractivity contribution < 1.29 is 9.13 Å². The third kappa shape index (κ3) is 4.64. The van der Waals surface area contributed by atoms with Crippen LogP contribution in [0.4, 0.5) is 15.9 Å². The minimum absolute atomic E-state index is 0.229. The zero-order valence-corrected chi connectivity index (χ0v) is 22.6. The molecule has 1 saturated heterocycles. The molecule has 4 heterocycles. The van der Waals surface area contributed by atoms with Gasteiger partial charge in [-0.25, -0.2) is 14.4 Å². The highest BCUT2D eigenvalue weighted by Crippen LogP contribution is 2.48. The van der Waals surface area contributed by atoms with Crippen molar-refractivity contribution in [1.82, 2.24) is 25.5 Å². The first kappa shape index (κ1) is 24.5. The van der Waals surface area contributed by atoms with E-state index in [-0.39, 0.29) is 12.4 Å². The van der Waals surface area contributed by atoms with Gasteiger partial charge in [0.2, 0.25) is 0 Å². The summed E-state index contributed by atoms with van der Waals surface area (Å²) in [5.41, 5.74) is 6.52. The van der Waals surface area contributed by atoms with Crippen molar-refractivity contribution in [2.45, 2.75) is 38.2 Å². The molecule has 0 amide bonds. The number of hydrogen-bond donors (Lipinski definition) is 3. The van der Waals surface area contributed by atoms with Crippen LogP contribution in [-0.4, -0.2) is 33.3 Å². The second-order valence-electron chi connectivity index (χ2n) is 9.99. The molecule has 3 aromatic heterocycles. The van der Waals surface area contributed by atoms with Crippen LogP contribution in [0.2, 0.25) is 5.02 Å². The zero-order valence-electron chi connectivity index (χ0n) is 21.1. The quantitative estimate of drug-likeness (QED) is 0.213. The molecule has 0 unspecified atom stereocenters. The van der Waals surface area contributed by atoms with Crippen LogP contribution in [0.15, 0.2) is 48.8 Å². The minimum atomic E-state index is -0.292. The summed E-state index contributed by atoms with van der Waals surface area (Å²) in [7, 11) is 0. The van der Waals surface area contributed by atoms with E-state index in [9.17, 15) is 4.39 Å². The lowest BCUT2D eigenvalue weighted by molar-refractivity contribution is 0.306. The number of thiophene rings is 1. The Balaban J connectivity index is 1.18. The molecule has 7 rings (SSSR count). The van der Waals surface area contributed by atoms with Gasteiger partial charge in [-0.1, -0.05) is 23.7 Å². The first-order valence-electron chi connectivity index (χ1n) is 13.1. The van der Waals surface area contributed by atoms with Gasteiger partial charge >= 0.3 is 0 Å². The Morgan fingerprint density at radius 1 is 1.10 bits per heavy atom. The van der Waals surface area contributed by atoms with Crippen LogP contribution >= 0.6 is 22.9 Å². The summed E-state index contributed by atoms with van der Waals surface area (Å²) >= 11 is 8.28. The third-order valence-corrected chi connectivity index (χ3v) is 8.97. The van der Waals surface area contributed by atoms with E-state index in [1.54, 1.807) is 23.7 Å². The number of nitrogens with one attached hydrogen (secondary N) is 3. The van der Waals surface area contributed by atoms with E-state index in [1.165, 1.54) is 39.5 Å².